The van der Waals surface area contributed by atoms with Crippen molar-refractivity contribution in [1.82, 2.24) is 0 Å². The summed E-state index contributed by atoms with van der Waals surface area (Å²) < 4.78 is 9.69. The highest BCUT2D eigenvalue weighted by Crippen LogP contribution is 2.08. The first-order valence-corrected chi connectivity index (χ1v) is 6.05. The first kappa shape index (κ1) is 43.4. The van der Waals surface area contributed by atoms with Gasteiger partial charge in [0.2, 0.25) is 0 Å². The minimum absolute atomic E-state index is 0. The van der Waals surface area contributed by atoms with Gasteiger partial charge in [-0.3, -0.25) is 0 Å². The number of carbonyl (C=O) groups is 2. The fraction of sp³-hybridized carbons (Fsp3) is 0.889. The van der Waals surface area contributed by atoms with E-state index in [1.807, 2.05) is 6.92 Å². The van der Waals surface area contributed by atoms with Crippen LogP contribution in [0.2, 0.25) is 0 Å². The number of hydrogen-bond donors (Lipinski definition) is 2. The van der Waals surface area contributed by atoms with Crippen molar-refractivity contribution in [2.24, 2.45) is 0 Å². The molecule has 0 amide bonds. The lowest BCUT2D eigenvalue weighted by Gasteiger charge is -2.19. The predicted molar refractivity (Wildman–Crippen MR) is 104 cm³/mol. The average molecular weight is 359 g/mol. The fourth-order valence-electron chi connectivity index (χ4n) is 1.21. The molecule has 0 bridgehead atoms. The second-order valence-corrected chi connectivity index (χ2v) is 4.30. The van der Waals surface area contributed by atoms with Gasteiger partial charge in [0, 0.05) is 6.42 Å². The van der Waals surface area contributed by atoms with Gasteiger partial charge in [0.1, 0.15) is 12.2 Å². The summed E-state index contributed by atoms with van der Waals surface area (Å²) in [5.41, 5.74) is 0. The molecule has 0 aliphatic heterocycles. The molecular formula is C18H46O6. The SMILES string of the molecule is C.C.C.C.C.C.CCC(O)CC(C)OC(=O)C(C)OC(=O)C(C)O. The quantitative estimate of drug-likeness (QED) is 0.662. The summed E-state index contributed by atoms with van der Waals surface area (Å²) in [6.45, 7) is 6.10. The van der Waals surface area contributed by atoms with E-state index >= 15 is 0 Å². The van der Waals surface area contributed by atoms with Crippen LogP contribution in [0.4, 0.5) is 0 Å². The Bertz CT molecular complexity index is 279. The summed E-state index contributed by atoms with van der Waals surface area (Å²) in [6, 6.07) is 0. The standard InChI is InChI=1S/C12H22O6.6CH4/c1-5-10(14)6-7(2)17-12(16)9(4)18-11(15)8(3)13;;;;;;/h7-10,13-14H,5-6H2,1-4H3;6*1H4. The third-order valence-electron chi connectivity index (χ3n) is 2.36. The fourth-order valence-corrected chi connectivity index (χ4v) is 1.21. The molecule has 0 aromatic heterocycles. The van der Waals surface area contributed by atoms with Gasteiger partial charge < -0.3 is 19.7 Å². The third kappa shape index (κ3) is 18.9. The van der Waals surface area contributed by atoms with Gasteiger partial charge in [0.05, 0.1) is 6.10 Å². The molecule has 0 aromatic carbocycles. The molecule has 0 aliphatic rings. The molecule has 0 saturated carbocycles. The first-order valence-electron chi connectivity index (χ1n) is 6.05. The molecule has 6 heteroatoms. The summed E-state index contributed by atoms with van der Waals surface area (Å²) in [5, 5.41) is 18.3. The Hall–Kier alpha value is -1.14. The number of aliphatic hydroxyl groups excluding tert-OH is 2. The van der Waals surface area contributed by atoms with Crippen molar-refractivity contribution in [2.75, 3.05) is 0 Å². The molecule has 2 N–H and O–H groups in total. The van der Waals surface area contributed by atoms with Gasteiger partial charge in [0.15, 0.2) is 6.10 Å². The highest BCUT2D eigenvalue weighted by atomic mass is 16.6. The summed E-state index contributed by atoms with van der Waals surface area (Å²) in [4.78, 5) is 22.6. The van der Waals surface area contributed by atoms with E-state index < -0.39 is 36.4 Å². The molecule has 154 valence electrons. The Morgan fingerprint density at radius 2 is 1.25 bits per heavy atom. The molecule has 0 radical (unpaired) electrons. The van der Waals surface area contributed by atoms with Crippen molar-refractivity contribution in [3.63, 3.8) is 0 Å². The number of hydrogen-bond acceptors (Lipinski definition) is 6. The summed E-state index contributed by atoms with van der Waals surface area (Å²) in [7, 11) is 0. The topological polar surface area (TPSA) is 93.1 Å². The highest BCUT2D eigenvalue weighted by Gasteiger charge is 2.23. The van der Waals surface area contributed by atoms with Crippen molar-refractivity contribution in [2.45, 2.75) is 110 Å². The number of rotatable bonds is 7. The third-order valence-corrected chi connectivity index (χ3v) is 2.36. The van der Waals surface area contributed by atoms with Crippen LogP contribution in [0.25, 0.3) is 0 Å². The van der Waals surface area contributed by atoms with Gasteiger partial charge in [-0.2, -0.15) is 0 Å². The molecule has 4 unspecified atom stereocenters. The van der Waals surface area contributed by atoms with Crippen LogP contribution in [0, 0.1) is 0 Å². The maximum absolute atomic E-state index is 11.5. The molecule has 24 heavy (non-hydrogen) atoms. The molecule has 0 rings (SSSR count). The normalized spacial score (nSPS) is 13.1. The van der Waals surface area contributed by atoms with Gasteiger partial charge in [0.25, 0.3) is 0 Å². The van der Waals surface area contributed by atoms with E-state index in [1.165, 1.54) is 13.8 Å². The van der Waals surface area contributed by atoms with Gasteiger partial charge in [-0.15, -0.1) is 0 Å². The van der Waals surface area contributed by atoms with Crippen molar-refractivity contribution in [3.8, 4) is 0 Å². The van der Waals surface area contributed by atoms with E-state index in [1.54, 1.807) is 6.92 Å². The van der Waals surface area contributed by atoms with E-state index in [4.69, 9.17) is 9.84 Å². The van der Waals surface area contributed by atoms with Gasteiger partial charge in [-0.1, -0.05) is 51.5 Å². The number of carbonyl (C=O) groups excluding carboxylic acids is 2. The molecule has 4 atom stereocenters. The van der Waals surface area contributed by atoms with Crippen molar-refractivity contribution < 1.29 is 29.3 Å². The van der Waals surface area contributed by atoms with E-state index in [2.05, 4.69) is 4.74 Å². The zero-order valence-electron chi connectivity index (χ0n) is 11.3. The lowest BCUT2D eigenvalue weighted by Crippen LogP contribution is -2.33. The van der Waals surface area contributed by atoms with Crippen LogP contribution in [-0.4, -0.2) is 46.6 Å². The number of aliphatic hydroxyl groups is 2. The Morgan fingerprint density at radius 3 is 1.58 bits per heavy atom. The van der Waals surface area contributed by atoms with Crippen LogP contribution in [0.5, 0.6) is 0 Å². The predicted octanol–water partition coefficient (Wildman–Crippen LogP) is 4.21. The van der Waals surface area contributed by atoms with E-state index in [9.17, 15) is 14.7 Å². The maximum Gasteiger partial charge on any atom is 0.347 e. The average Bonchev–Trinajstić information content (AvgIpc) is 2.27. The van der Waals surface area contributed by atoms with E-state index in [-0.39, 0.29) is 44.6 Å². The number of esters is 2. The minimum Gasteiger partial charge on any atom is -0.460 e. The largest absolute Gasteiger partial charge is 0.460 e. The molecular weight excluding hydrogens is 312 g/mol. The van der Waals surface area contributed by atoms with E-state index in [0.29, 0.717) is 12.8 Å². The zero-order valence-corrected chi connectivity index (χ0v) is 11.3. The van der Waals surface area contributed by atoms with E-state index in [0.717, 1.165) is 0 Å². The monoisotopic (exact) mass is 358 g/mol. The Kier molecular flexibility index (Phi) is 39.6. The molecule has 0 fully saturated rings. The molecule has 0 spiro atoms. The summed E-state index contributed by atoms with van der Waals surface area (Å²) in [6.07, 6.45) is -2.43. The summed E-state index contributed by atoms with van der Waals surface area (Å²) >= 11 is 0. The lowest BCUT2D eigenvalue weighted by atomic mass is 10.1. The zero-order chi connectivity index (χ0) is 14.3. The Labute approximate surface area is 151 Å². The Morgan fingerprint density at radius 1 is 0.833 bits per heavy atom. The Balaban J connectivity index is -0.0000000963. The van der Waals surface area contributed by atoms with Crippen molar-refractivity contribution >= 4 is 11.9 Å². The summed E-state index contributed by atoms with van der Waals surface area (Å²) in [5.74, 6) is -1.57. The molecule has 0 aliphatic carbocycles. The highest BCUT2D eigenvalue weighted by molar-refractivity contribution is 5.80. The second-order valence-electron chi connectivity index (χ2n) is 4.30. The molecule has 0 saturated heterocycles. The van der Waals surface area contributed by atoms with Gasteiger partial charge >= 0.3 is 11.9 Å². The van der Waals surface area contributed by atoms with Crippen LogP contribution in [0.1, 0.15) is 85.1 Å². The first-order chi connectivity index (χ1) is 8.27. The minimum atomic E-state index is -1.28. The van der Waals surface area contributed by atoms with Gasteiger partial charge in [-0.25, -0.2) is 9.59 Å². The van der Waals surface area contributed by atoms with Crippen LogP contribution < -0.4 is 0 Å². The number of ether oxygens (including phenoxy) is 2. The van der Waals surface area contributed by atoms with Crippen LogP contribution in [-0.2, 0) is 19.1 Å². The van der Waals surface area contributed by atoms with Crippen molar-refractivity contribution in [3.05, 3.63) is 0 Å². The van der Waals surface area contributed by atoms with Crippen LogP contribution in [0.15, 0.2) is 0 Å². The van der Waals surface area contributed by atoms with Gasteiger partial charge in [-0.05, 0) is 27.2 Å². The van der Waals surface area contributed by atoms with Crippen molar-refractivity contribution in [1.29, 1.82) is 0 Å². The van der Waals surface area contributed by atoms with Crippen LogP contribution >= 0.6 is 0 Å². The maximum atomic E-state index is 11.5. The molecule has 0 heterocycles. The lowest BCUT2D eigenvalue weighted by molar-refractivity contribution is -0.174. The molecule has 0 aromatic rings. The van der Waals surface area contributed by atoms with Crippen LogP contribution in [0.3, 0.4) is 0 Å². The molecule has 6 nitrogen and oxygen atoms in total. The smallest absolute Gasteiger partial charge is 0.347 e. The second kappa shape index (κ2) is 21.9.